The molecular weight excluding hydrogens is 485 g/mol. The molecule has 8 nitrogen and oxygen atoms in total. The topological polar surface area (TPSA) is 70.9 Å². The normalized spacial score (nSPS) is 17.7. The van der Waals surface area contributed by atoms with Gasteiger partial charge in [-0.2, -0.15) is 5.10 Å². The number of rotatable bonds is 3. The van der Waals surface area contributed by atoms with Crippen molar-refractivity contribution < 1.29 is 18.7 Å². The van der Waals surface area contributed by atoms with Crippen LogP contribution in [0.25, 0.3) is 5.69 Å². The minimum absolute atomic E-state index is 0.169. The minimum atomic E-state index is -0.631. The van der Waals surface area contributed by atoms with Crippen LogP contribution in [0.1, 0.15) is 56.1 Å². The number of aryl methyl sites for hydroxylation is 2. The summed E-state index contributed by atoms with van der Waals surface area (Å²) < 4.78 is 22.0. The fourth-order valence-corrected chi connectivity index (χ4v) is 5.29. The van der Waals surface area contributed by atoms with Crippen molar-refractivity contribution in [2.24, 2.45) is 0 Å². The van der Waals surface area contributed by atoms with Gasteiger partial charge in [-0.05, 0) is 76.9 Å². The zero-order chi connectivity index (χ0) is 27.4. The Labute approximate surface area is 222 Å². The lowest BCUT2D eigenvalue weighted by molar-refractivity contribution is 0.0160. The Morgan fingerprint density at radius 1 is 1.00 bits per heavy atom. The molecule has 1 saturated heterocycles. The van der Waals surface area contributed by atoms with Crippen molar-refractivity contribution >= 4 is 23.6 Å². The lowest BCUT2D eigenvalue weighted by atomic mass is 9.99. The van der Waals surface area contributed by atoms with Gasteiger partial charge in [0.15, 0.2) is 0 Å². The Morgan fingerprint density at radius 2 is 1.63 bits per heavy atom. The van der Waals surface area contributed by atoms with E-state index in [1.807, 2.05) is 58.0 Å². The van der Waals surface area contributed by atoms with E-state index < -0.39 is 11.7 Å². The summed E-state index contributed by atoms with van der Waals surface area (Å²) in [5.74, 6) is 0.346. The lowest BCUT2D eigenvalue weighted by Gasteiger charge is -2.35. The Hall–Kier alpha value is -3.88. The Kier molecular flexibility index (Phi) is 6.41. The van der Waals surface area contributed by atoms with E-state index in [1.54, 1.807) is 45.4 Å². The molecule has 0 aliphatic carbocycles. The maximum absolute atomic E-state index is 14.5. The number of anilines is 2. The summed E-state index contributed by atoms with van der Waals surface area (Å²) in [6.07, 6.45) is 0.115. The first-order valence-electron chi connectivity index (χ1n) is 13.0. The van der Waals surface area contributed by atoms with E-state index >= 15 is 0 Å². The van der Waals surface area contributed by atoms with E-state index in [4.69, 9.17) is 9.84 Å². The molecule has 3 aromatic rings. The predicted octanol–water partition coefficient (Wildman–Crippen LogP) is 5.93. The van der Waals surface area contributed by atoms with Crippen LogP contribution >= 0.6 is 0 Å². The van der Waals surface area contributed by atoms with Crippen molar-refractivity contribution in [2.45, 2.75) is 59.6 Å². The largest absolute Gasteiger partial charge is 0.444 e. The van der Waals surface area contributed by atoms with E-state index in [1.165, 1.54) is 0 Å². The van der Waals surface area contributed by atoms with Crippen molar-refractivity contribution in [2.75, 3.05) is 29.4 Å². The molecule has 0 bridgehead atoms. The first-order valence-corrected chi connectivity index (χ1v) is 13.0. The van der Waals surface area contributed by atoms with Crippen LogP contribution in [0.4, 0.5) is 25.5 Å². The Balaban J connectivity index is 1.63. The quantitative estimate of drug-likeness (QED) is 0.430. The van der Waals surface area contributed by atoms with E-state index in [-0.39, 0.29) is 17.9 Å². The minimum Gasteiger partial charge on any atom is -0.444 e. The van der Waals surface area contributed by atoms with Crippen LogP contribution in [0.2, 0.25) is 0 Å². The second kappa shape index (κ2) is 9.45. The van der Waals surface area contributed by atoms with Crippen LogP contribution in [0.3, 0.4) is 0 Å². The molecule has 0 unspecified atom stereocenters. The van der Waals surface area contributed by atoms with E-state index in [0.29, 0.717) is 48.7 Å². The number of carbonyl (C=O) groups excluding carboxylic acids is 2. The summed E-state index contributed by atoms with van der Waals surface area (Å²) >= 11 is 0. The Bertz CT molecular complexity index is 1370. The van der Waals surface area contributed by atoms with Crippen molar-refractivity contribution in [1.82, 2.24) is 14.7 Å². The average Bonchev–Trinajstić information content (AvgIpc) is 3.42. The van der Waals surface area contributed by atoms with Crippen molar-refractivity contribution in [3.63, 3.8) is 0 Å². The molecule has 0 N–H and O–H groups in total. The van der Waals surface area contributed by atoms with Gasteiger partial charge in [-0.25, -0.2) is 18.7 Å². The number of halogens is 1. The highest BCUT2D eigenvalue weighted by atomic mass is 19.1. The zero-order valence-electron chi connectivity index (χ0n) is 22.8. The maximum atomic E-state index is 14.5. The predicted molar refractivity (Wildman–Crippen MR) is 145 cm³/mol. The molecular formula is C29H34FN5O3. The number of ether oxygens (including phenoxy) is 1. The van der Waals surface area contributed by atoms with Crippen LogP contribution < -0.4 is 9.80 Å². The smallest absolute Gasteiger partial charge is 0.410 e. The number of carbonyl (C=O) groups is 2. The molecule has 2 aromatic carbocycles. The standard InChI is InChI=1S/C29H34FN5O3/c1-18-16-22(17-19(2)25(18)30)35-26(34-15-14-33(27(34)36)21-10-8-7-9-11-21)24-20(3)32(13-12-23(24)31-35)28(37)38-29(4,5)6/h7-11,16-17,20H,12-15H2,1-6H3/t20-/m0/s1. The first-order chi connectivity index (χ1) is 18.0. The summed E-state index contributed by atoms with van der Waals surface area (Å²) in [6, 6.07) is 12.5. The molecule has 3 amide bonds. The van der Waals surface area contributed by atoms with Gasteiger partial charge in [-0.3, -0.25) is 9.80 Å². The molecule has 1 aromatic heterocycles. The van der Waals surface area contributed by atoms with Gasteiger partial charge >= 0.3 is 12.1 Å². The monoisotopic (exact) mass is 519 g/mol. The Morgan fingerprint density at radius 3 is 2.26 bits per heavy atom. The number of benzene rings is 2. The van der Waals surface area contributed by atoms with Gasteiger partial charge in [-0.1, -0.05) is 18.2 Å². The van der Waals surface area contributed by atoms with Crippen LogP contribution in [-0.2, 0) is 11.2 Å². The third kappa shape index (κ3) is 4.50. The summed E-state index contributed by atoms with van der Waals surface area (Å²) in [5, 5.41) is 4.93. The maximum Gasteiger partial charge on any atom is 0.410 e. The van der Waals surface area contributed by atoms with Gasteiger partial charge in [0, 0.05) is 37.3 Å². The number of amides is 3. The number of nitrogens with zero attached hydrogens (tertiary/aromatic N) is 5. The van der Waals surface area contributed by atoms with Crippen LogP contribution in [0.5, 0.6) is 0 Å². The fraction of sp³-hybridized carbons (Fsp3) is 0.414. The second-order valence-electron chi connectivity index (χ2n) is 11.0. The van der Waals surface area contributed by atoms with Gasteiger partial charge in [0.2, 0.25) is 0 Å². The number of urea groups is 1. The van der Waals surface area contributed by atoms with Crippen molar-refractivity contribution in [3.8, 4) is 5.69 Å². The van der Waals surface area contributed by atoms with E-state index in [0.717, 1.165) is 16.9 Å². The third-order valence-corrected chi connectivity index (χ3v) is 7.07. The summed E-state index contributed by atoms with van der Waals surface area (Å²) in [7, 11) is 0. The first kappa shape index (κ1) is 25.8. The van der Waals surface area contributed by atoms with Crippen molar-refractivity contribution in [3.05, 3.63) is 70.7 Å². The summed E-state index contributed by atoms with van der Waals surface area (Å²) in [4.78, 5) is 32.1. The van der Waals surface area contributed by atoms with Crippen LogP contribution in [0.15, 0.2) is 42.5 Å². The average molecular weight is 520 g/mol. The number of para-hydroxylation sites is 1. The zero-order valence-corrected chi connectivity index (χ0v) is 22.8. The number of fused-ring (bicyclic) bond motifs is 1. The molecule has 0 saturated carbocycles. The van der Waals surface area contributed by atoms with E-state index in [9.17, 15) is 14.0 Å². The summed E-state index contributed by atoms with van der Waals surface area (Å²) in [5.41, 5.74) is 3.49. The summed E-state index contributed by atoms with van der Waals surface area (Å²) in [6.45, 7) is 12.3. The number of hydrogen-bond acceptors (Lipinski definition) is 4. The second-order valence-corrected chi connectivity index (χ2v) is 11.0. The molecule has 0 radical (unpaired) electrons. The third-order valence-electron chi connectivity index (χ3n) is 7.07. The molecule has 1 atom stereocenters. The fourth-order valence-electron chi connectivity index (χ4n) is 5.29. The number of hydrogen-bond donors (Lipinski definition) is 0. The number of aromatic nitrogens is 2. The molecule has 200 valence electrons. The lowest BCUT2D eigenvalue weighted by Crippen LogP contribution is -2.42. The molecule has 38 heavy (non-hydrogen) atoms. The molecule has 2 aliphatic rings. The molecule has 0 spiro atoms. The van der Waals surface area contributed by atoms with Gasteiger partial charge in [0.1, 0.15) is 17.2 Å². The SMILES string of the molecule is Cc1cc(-n2nc3c(c2N2CCN(c4ccccc4)C2=O)[C@H](C)N(C(=O)OC(C)(C)C)CC3)cc(C)c1F. The highest BCUT2D eigenvalue weighted by molar-refractivity contribution is 6.06. The molecule has 5 rings (SSSR count). The molecule has 2 aliphatic heterocycles. The van der Waals surface area contributed by atoms with Gasteiger partial charge in [0.25, 0.3) is 0 Å². The molecule has 3 heterocycles. The van der Waals surface area contributed by atoms with Gasteiger partial charge < -0.3 is 9.64 Å². The van der Waals surface area contributed by atoms with Crippen LogP contribution in [0, 0.1) is 19.7 Å². The highest BCUT2D eigenvalue weighted by Gasteiger charge is 2.41. The van der Waals surface area contributed by atoms with E-state index in [2.05, 4.69) is 0 Å². The highest BCUT2D eigenvalue weighted by Crippen LogP contribution is 2.41. The van der Waals surface area contributed by atoms with Gasteiger partial charge in [-0.15, -0.1) is 0 Å². The molecule has 9 heteroatoms. The van der Waals surface area contributed by atoms with Gasteiger partial charge in [0.05, 0.1) is 17.4 Å². The molecule has 1 fully saturated rings. The van der Waals surface area contributed by atoms with Crippen LogP contribution in [-0.4, -0.2) is 52.0 Å². The van der Waals surface area contributed by atoms with Crippen molar-refractivity contribution in [1.29, 1.82) is 0 Å².